The van der Waals surface area contributed by atoms with E-state index >= 15 is 0 Å². The lowest BCUT2D eigenvalue weighted by Crippen LogP contribution is -1.98. The maximum Gasteiger partial charge on any atom is 0.140 e. The quantitative estimate of drug-likeness (QED) is 0.800. The molecule has 94 valence electrons. The summed E-state index contributed by atoms with van der Waals surface area (Å²) in [6.07, 6.45) is 0. The monoisotopic (exact) mass is 326 g/mol. The molecule has 0 amide bonds. The van der Waals surface area contributed by atoms with E-state index in [2.05, 4.69) is 39.7 Å². The molecule has 1 aromatic carbocycles. The highest BCUT2D eigenvalue weighted by atomic mass is 79.9. The lowest BCUT2D eigenvalue weighted by atomic mass is 10.1. The van der Waals surface area contributed by atoms with Gasteiger partial charge in [-0.1, -0.05) is 26.1 Å². The van der Waals surface area contributed by atoms with Gasteiger partial charge in [-0.15, -0.1) is 0 Å². The normalized spacial score (nSPS) is 10.9. The van der Waals surface area contributed by atoms with Gasteiger partial charge in [-0.3, -0.25) is 0 Å². The first-order valence-corrected chi connectivity index (χ1v) is 6.74. The zero-order valence-corrected chi connectivity index (χ0v) is 12.4. The van der Waals surface area contributed by atoms with E-state index in [-0.39, 0.29) is 5.82 Å². The minimum atomic E-state index is -0.288. The summed E-state index contributed by atoms with van der Waals surface area (Å²) >= 11 is 8.49. The Kier molecular flexibility index (Phi) is 3.92. The van der Waals surface area contributed by atoms with Crippen LogP contribution in [0.15, 0.2) is 28.7 Å². The summed E-state index contributed by atoms with van der Waals surface area (Å²) < 4.78 is 14.3. The molecule has 0 spiro atoms. The van der Waals surface area contributed by atoms with Gasteiger partial charge in [-0.25, -0.2) is 9.37 Å². The van der Waals surface area contributed by atoms with Crippen molar-refractivity contribution in [1.82, 2.24) is 9.97 Å². The zero-order chi connectivity index (χ0) is 13.3. The van der Waals surface area contributed by atoms with Crippen molar-refractivity contribution in [2.45, 2.75) is 19.8 Å². The van der Waals surface area contributed by atoms with Crippen LogP contribution in [0.5, 0.6) is 0 Å². The number of hydrogen-bond acceptors (Lipinski definition) is 2. The molecule has 5 heteroatoms. The molecule has 0 aliphatic rings. The average Bonchev–Trinajstić information content (AvgIpc) is 2.27. The molecule has 1 N–H and O–H groups in total. The van der Waals surface area contributed by atoms with Crippen molar-refractivity contribution in [3.8, 4) is 11.4 Å². The van der Waals surface area contributed by atoms with Crippen LogP contribution in [0, 0.1) is 10.5 Å². The number of rotatable bonds is 2. The summed E-state index contributed by atoms with van der Waals surface area (Å²) in [4.78, 5) is 7.51. The summed E-state index contributed by atoms with van der Waals surface area (Å²) in [5.41, 5.74) is 1.81. The van der Waals surface area contributed by atoms with Gasteiger partial charge in [0.1, 0.15) is 16.3 Å². The number of H-pyrrole nitrogens is 1. The number of nitrogens with one attached hydrogen (secondary N) is 1. The highest BCUT2D eigenvalue weighted by Crippen LogP contribution is 2.27. The standard InChI is InChI=1S/C13H12BrFN2S/c1-7(2)11-6-12(18)17-13(16-11)9-4-3-8(15)5-10(9)14/h3-7H,1-2H3,(H,16,17,18). The summed E-state index contributed by atoms with van der Waals surface area (Å²) in [6.45, 7) is 4.15. The predicted octanol–water partition coefficient (Wildman–Crippen LogP) is 4.83. The first kappa shape index (κ1) is 13.4. The van der Waals surface area contributed by atoms with Crippen molar-refractivity contribution >= 4 is 28.1 Å². The lowest BCUT2D eigenvalue weighted by molar-refractivity contribution is 0.627. The molecular weight excluding hydrogens is 315 g/mol. The van der Waals surface area contributed by atoms with E-state index in [1.807, 2.05) is 6.07 Å². The second-order valence-corrected chi connectivity index (χ2v) is 5.57. The number of hydrogen-bond donors (Lipinski definition) is 1. The Morgan fingerprint density at radius 1 is 1.33 bits per heavy atom. The number of benzene rings is 1. The second-order valence-electron chi connectivity index (χ2n) is 4.30. The average molecular weight is 327 g/mol. The Morgan fingerprint density at radius 3 is 2.67 bits per heavy atom. The van der Waals surface area contributed by atoms with Crippen molar-refractivity contribution < 1.29 is 4.39 Å². The minimum Gasteiger partial charge on any atom is -0.343 e. The molecular formula is C13H12BrFN2S. The van der Waals surface area contributed by atoms with Crippen LogP contribution in [0.25, 0.3) is 11.4 Å². The van der Waals surface area contributed by atoms with E-state index in [4.69, 9.17) is 12.2 Å². The third kappa shape index (κ3) is 2.84. The molecule has 0 unspecified atom stereocenters. The van der Waals surface area contributed by atoms with Crippen molar-refractivity contribution in [2.24, 2.45) is 0 Å². The van der Waals surface area contributed by atoms with Gasteiger partial charge < -0.3 is 4.98 Å². The van der Waals surface area contributed by atoms with Crippen LogP contribution in [0.4, 0.5) is 4.39 Å². The molecule has 0 bridgehead atoms. The number of halogens is 2. The van der Waals surface area contributed by atoms with Crippen molar-refractivity contribution in [3.63, 3.8) is 0 Å². The van der Waals surface area contributed by atoms with Crippen LogP contribution < -0.4 is 0 Å². The topological polar surface area (TPSA) is 28.7 Å². The van der Waals surface area contributed by atoms with E-state index in [9.17, 15) is 4.39 Å². The molecule has 0 saturated carbocycles. The van der Waals surface area contributed by atoms with Crippen molar-refractivity contribution in [2.75, 3.05) is 0 Å². The summed E-state index contributed by atoms with van der Waals surface area (Å²) in [5.74, 6) is 0.690. The van der Waals surface area contributed by atoms with E-state index in [0.29, 0.717) is 20.9 Å². The van der Waals surface area contributed by atoms with Crippen LogP contribution in [-0.4, -0.2) is 9.97 Å². The number of aromatic nitrogens is 2. The van der Waals surface area contributed by atoms with Gasteiger partial charge in [-0.05, 0) is 46.1 Å². The number of nitrogens with zero attached hydrogens (tertiary/aromatic N) is 1. The summed E-state index contributed by atoms with van der Waals surface area (Å²) in [6, 6.07) is 6.34. The van der Waals surface area contributed by atoms with E-state index in [1.165, 1.54) is 12.1 Å². The fraction of sp³-hybridized carbons (Fsp3) is 0.231. The van der Waals surface area contributed by atoms with Crippen LogP contribution >= 0.6 is 28.1 Å². The van der Waals surface area contributed by atoms with Crippen molar-refractivity contribution in [1.29, 1.82) is 0 Å². The molecule has 0 atom stereocenters. The van der Waals surface area contributed by atoms with E-state index < -0.39 is 0 Å². The molecule has 0 aliphatic carbocycles. The third-order valence-electron chi connectivity index (χ3n) is 2.57. The molecule has 1 aromatic heterocycles. The fourth-order valence-electron chi connectivity index (χ4n) is 1.60. The molecule has 2 aromatic rings. The highest BCUT2D eigenvalue weighted by Gasteiger charge is 2.09. The SMILES string of the molecule is CC(C)c1cc(=S)nc(-c2ccc(F)cc2Br)[nH]1. The highest BCUT2D eigenvalue weighted by molar-refractivity contribution is 9.10. The summed E-state index contributed by atoms with van der Waals surface area (Å²) in [7, 11) is 0. The second kappa shape index (κ2) is 5.28. The molecule has 18 heavy (non-hydrogen) atoms. The Balaban J connectivity index is 2.60. The van der Waals surface area contributed by atoms with Crippen LogP contribution in [0.1, 0.15) is 25.5 Å². The Morgan fingerprint density at radius 2 is 2.06 bits per heavy atom. The van der Waals surface area contributed by atoms with Gasteiger partial charge in [0.05, 0.1) is 0 Å². The van der Waals surface area contributed by atoms with Gasteiger partial charge >= 0.3 is 0 Å². The maximum atomic E-state index is 13.1. The molecule has 1 heterocycles. The first-order valence-electron chi connectivity index (χ1n) is 5.54. The predicted molar refractivity (Wildman–Crippen MR) is 76.6 cm³/mol. The summed E-state index contributed by atoms with van der Waals surface area (Å²) in [5, 5.41) is 0. The van der Waals surface area contributed by atoms with Gasteiger partial charge in [-0.2, -0.15) is 0 Å². The number of aromatic amines is 1. The molecule has 0 radical (unpaired) electrons. The van der Waals surface area contributed by atoms with Crippen LogP contribution in [-0.2, 0) is 0 Å². The van der Waals surface area contributed by atoms with Gasteiger partial charge in [0.2, 0.25) is 0 Å². The minimum absolute atomic E-state index is 0.288. The maximum absolute atomic E-state index is 13.1. The third-order valence-corrected chi connectivity index (χ3v) is 3.44. The molecule has 0 fully saturated rings. The van der Waals surface area contributed by atoms with Gasteiger partial charge in [0.15, 0.2) is 0 Å². The molecule has 2 rings (SSSR count). The fourth-order valence-corrected chi connectivity index (χ4v) is 2.35. The van der Waals surface area contributed by atoms with Gasteiger partial charge in [0.25, 0.3) is 0 Å². The van der Waals surface area contributed by atoms with Crippen LogP contribution in [0.3, 0.4) is 0 Å². The molecule has 0 aliphatic heterocycles. The molecule has 2 nitrogen and oxygen atoms in total. The van der Waals surface area contributed by atoms with Crippen molar-refractivity contribution in [3.05, 3.63) is 44.9 Å². The lowest BCUT2D eigenvalue weighted by Gasteiger charge is -2.09. The smallest absolute Gasteiger partial charge is 0.140 e. The molecule has 0 saturated heterocycles. The zero-order valence-electron chi connectivity index (χ0n) is 10.00. The Hall–Kier alpha value is -1.07. The van der Waals surface area contributed by atoms with E-state index in [1.54, 1.807) is 6.07 Å². The van der Waals surface area contributed by atoms with E-state index in [0.717, 1.165) is 11.3 Å². The first-order chi connectivity index (χ1) is 8.47. The van der Waals surface area contributed by atoms with Crippen LogP contribution in [0.2, 0.25) is 0 Å². The Bertz CT molecular complexity index is 637. The Labute approximate surface area is 118 Å². The van der Waals surface area contributed by atoms with Gasteiger partial charge in [0, 0.05) is 15.7 Å². The largest absolute Gasteiger partial charge is 0.343 e.